The number of rotatable bonds is 2. The zero-order valence-corrected chi connectivity index (χ0v) is 26.4. The van der Waals surface area contributed by atoms with Crippen LogP contribution in [0.3, 0.4) is 0 Å². The Morgan fingerprint density at radius 2 is 1.52 bits per heavy atom. The molecule has 0 bridgehead atoms. The Morgan fingerprint density at radius 1 is 0.900 bits per heavy atom. The summed E-state index contributed by atoms with van der Waals surface area (Å²) in [7, 11) is 0. The van der Waals surface area contributed by atoms with Crippen LogP contribution in [0.15, 0.2) is 66.6 Å². The SMILES string of the molecule is CC(C)(C)C(=O)/C=C(\O)C(C)(C)C.Cc1[c-]c(-c2nccc3c(C(F)(F)F)cc4ccccc4c23)cc(C)c1.[Ir]. The molecule has 1 N–H and O–H groups in total. The first kappa shape index (κ1) is 33.2. The molecule has 0 aliphatic carbocycles. The topological polar surface area (TPSA) is 50.2 Å². The van der Waals surface area contributed by atoms with Gasteiger partial charge in [0.15, 0.2) is 5.78 Å². The maximum atomic E-state index is 13.7. The van der Waals surface area contributed by atoms with E-state index >= 15 is 0 Å². The van der Waals surface area contributed by atoms with Crippen LogP contribution >= 0.6 is 0 Å². The minimum atomic E-state index is -4.44. The Labute approximate surface area is 247 Å². The van der Waals surface area contributed by atoms with E-state index in [-0.39, 0.29) is 42.4 Å². The number of halogens is 3. The van der Waals surface area contributed by atoms with Gasteiger partial charge in [0, 0.05) is 43.2 Å². The van der Waals surface area contributed by atoms with Crippen LogP contribution in [-0.2, 0) is 31.1 Å². The average Bonchev–Trinajstić information content (AvgIpc) is 2.81. The van der Waals surface area contributed by atoms with Gasteiger partial charge in [-0.15, -0.1) is 34.9 Å². The number of aryl methyl sites for hydroxylation is 2. The molecule has 0 saturated carbocycles. The number of allylic oxidation sites excluding steroid dienone is 2. The first-order chi connectivity index (χ1) is 17.9. The second-order valence-corrected chi connectivity index (χ2v) is 11.9. The van der Waals surface area contributed by atoms with Crippen LogP contribution in [0.25, 0.3) is 32.8 Å². The van der Waals surface area contributed by atoms with E-state index in [1.54, 1.807) is 12.1 Å². The third-order valence-corrected chi connectivity index (χ3v) is 6.26. The Hall–Kier alpha value is -3.02. The van der Waals surface area contributed by atoms with Gasteiger partial charge in [0.1, 0.15) is 5.76 Å². The van der Waals surface area contributed by atoms with Crippen molar-refractivity contribution in [1.82, 2.24) is 4.98 Å². The molecule has 7 heteroatoms. The summed E-state index contributed by atoms with van der Waals surface area (Å²) >= 11 is 0. The van der Waals surface area contributed by atoms with Crippen molar-refractivity contribution in [3.8, 4) is 11.3 Å². The summed E-state index contributed by atoms with van der Waals surface area (Å²) < 4.78 is 41.0. The molecule has 0 aliphatic heterocycles. The van der Waals surface area contributed by atoms with Gasteiger partial charge < -0.3 is 10.1 Å². The van der Waals surface area contributed by atoms with E-state index in [0.29, 0.717) is 22.0 Å². The van der Waals surface area contributed by atoms with Crippen LogP contribution in [0.1, 0.15) is 58.2 Å². The number of hydrogen-bond acceptors (Lipinski definition) is 3. The summed E-state index contributed by atoms with van der Waals surface area (Å²) in [5.41, 5.74) is 1.77. The fourth-order valence-electron chi connectivity index (χ4n) is 4.06. The summed E-state index contributed by atoms with van der Waals surface area (Å²) in [5.74, 6) is 0.104. The molecule has 0 spiro atoms. The van der Waals surface area contributed by atoms with E-state index in [2.05, 4.69) is 11.1 Å². The first-order valence-corrected chi connectivity index (χ1v) is 12.7. The third-order valence-electron chi connectivity index (χ3n) is 6.26. The van der Waals surface area contributed by atoms with Crippen molar-refractivity contribution in [3.63, 3.8) is 0 Å². The number of carbonyl (C=O) groups excluding carboxylic acids is 1. The third kappa shape index (κ3) is 7.80. The minimum Gasteiger partial charge on any atom is -0.512 e. The van der Waals surface area contributed by atoms with E-state index < -0.39 is 17.2 Å². The van der Waals surface area contributed by atoms with E-state index in [1.165, 1.54) is 24.4 Å². The molecule has 40 heavy (non-hydrogen) atoms. The number of pyridine rings is 1. The number of aromatic nitrogens is 1. The number of alkyl halides is 3. The van der Waals surface area contributed by atoms with Crippen LogP contribution in [-0.4, -0.2) is 15.9 Å². The van der Waals surface area contributed by atoms with Crippen LogP contribution in [0.5, 0.6) is 0 Å². The molecular formula is C33H35F3IrNO2-. The van der Waals surface area contributed by atoms with Gasteiger partial charge in [-0.2, -0.15) is 13.2 Å². The second-order valence-electron chi connectivity index (χ2n) is 11.9. The van der Waals surface area contributed by atoms with Crippen LogP contribution in [0.4, 0.5) is 13.2 Å². The fourth-order valence-corrected chi connectivity index (χ4v) is 4.06. The Balaban J connectivity index is 0.000000344. The molecule has 1 aromatic heterocycles. The quantitative estimate of drug-likeness (QED) is 0.0970. The standard InChI is InChI=1S/C22H15F3N.C11H20O2.Ir/c1-13-9-14(2)11-16(10-13)21-20-17-6-4-3-5-15(17)12-19(22(23,24)25)18(20)7-8-26-21;1-10(2,3)8(12)7-9(13)11(4,5)6;/h3-10,12H,1-2H3;7,12H,1-6H3;/q-1;;/b;8-7-;. The normalized spacial score (nSPS) is 12.5. The fraction of sp³-hybridized carbons (Fsp3) is 0.333. The number of hydrogen-bond donors (Lipinski definition) is 1. The molecule has 0 aliphatic rings. The molecule has 0 amide bonds. The molecule has 4 aromatic rings. The summed E-state index contributed by atoms with van der Waals surface area (Å²) in [4.78, 5) is 15.9. The monoisotopic (exact) mass is 727 g/mol. The predicted molar refractivity (Wildman–Crippen MR) is 153 cm³/mol. The van der Waals surface area contributed by atoms with Crippen LogP contribution < -0.4 is 0 Å². The number of carbonyl (C=O) groups is 1. The van der Waals surface area contributed by atoms with Gasteiger partial charge in [-0.25, -0.2) is 0 Å². The molecule has 0 unspecified atom stereocenters. The van der Waals surface area contributed by atoms with Gasteiger partial charge >= 0.3 is 6.18 Å². The van der Waals surface area contributed by atoms with Gasteiger partial charge in [0.25, 0.3) is 0 Å². The zero-order valence-electron chi connectivity index (χ0n) is 24.0. The molecule has 4 rings (SSSR count). The van der Waals surface area contributed by atoms with Crippen molar-refractivity contribution >= 4 is 27.3 Å². The molecule has 3 aromatic carbocycles. The molecule has 0 atom stereocenters. The molecule has 215 valence electrons. The van der Waals surface area contributed by atoms with Gasteiger partial charge in [0.2, 0.25) is 0 Å². The van der Waals surface area contributed by atoms with Gasteiger partial charge in [-0.1, -0.05) is 79.7 Å². The smallest absolute Gasteiger partial charge is 0.417 e. The van der Waals surface area contributed by atoms with Crippen LogP contribution in [0.2, 0.25) is 0 Å². The van der Waals surface area contributed by atoms with Crippen LogP contribution in [0, 0.1) is 30.7 Å². The summed E-state index contributed by atoms with van der Waals surface area (Å²) in [6, 6.07) is 16.9. The van der Waals surface area contributed by atoms with Crippen molar-refractivity contribution in [2.45, 2.75) is 61.6 Å². The van der Waals surface area contributed by atoms with E-state index in [0.717, 1.165) is 16.5 Å². The average molecular weight is 727 g/mol. The summed E-state index contributed by atoms with van der Waals surface area (Å²) in [6.07, 6.45) is -1.67. The van der Waals surface area contributed by atoms with Gasteiger partial charge in [-0.3, -0.25) is 4.79 Å². The van der Waals surface area contributed by atoms with E-state index in [4.69, 9.17) is 0 Å². The van der Waals surface area contributed by atoms with E-state index in [9.17, 15) is 23.1 Å². The Bertz CT molecular complexity index is 1540. The van der Waals surface area contributed by atoms with Crippen molar-refractivity contribution in [2.75, 3.05) is 0 Å². The number of benzene rings is 3. The molecule has 1 heterocycles. The summed E-state index contributed by atoms with van der Waals surface area (Å²) in [5, 5.41) is 11.5. The Kier molecular flexibility index (Phi) is 10.2. The van der Waals surface area contributed by atoms with Gasteiger partial charge in [-0.05, 0) is 39.4 Å². The molecule has 0 fully saturated rings. The minimum absolute atomic E-state index is 0. The maximum Gasteiger partial charge on any atom is 0.417 e. The molecule has 1 radical (unpaired) electrons. The van der Waals surface area contributed by atoms with Crippen molar-refractivity contribution in [1.29, 1.82) is 0 Å². The number of fused-ring (bicyclic) bond motifs is 3. The van der Waals surface area contributed by atoms with E-state index in [1.807, 2.05) is 79.7 Å². The number of ketones is 1. The maximum absolute atomic E-state index is 13.7. The summed E-state index contributed by atoms with van der Waals surface area (Å²) in [6.45, 7) is 15.0. The Morgan fingerprint density at radius 3 is 2.08 bits per heavy atom. The second kappa shape index (κ2) is 12.2. The van der Waals surface area contributed by atoms with Gasteiger partial charge in [0.05, 0.1) is 5.56 Å². The first-order valence-electron chi connectivity index (χ1n) is 12.7. The number of aliphatic hydroxyl groups excluding tert-OH is 1. The molecular weight excluding hydrogens is 692 g/mol. The van der Waals surface area contributed by atoms with Crippen molar-refractivity contribution < 1.29 is 43.2 Å². The van der Waals surface area contributed by atoms with Crippen molar-refractivity contribution in [2.24, 2.45) is 10.8 Å². The predicted octanol–water partition coefficient (Wildman–Crippen LogP) is 9.58. The number of aliphatic hydroxyl groups is 1. The molecule has 3 nitrogen and oxygen atoms in total. The number of nitrogens with zero attached hydrogens (tertiary/aromatic N) is 1. The molecule has 0 saturated heterocycles. The zero-order chi connectivity index (χ0) is 29.3. The van der Waals surface area contributed by atoms with Crippen molar-refractivity contribution in [3.05, 3.63) is 89.3 Å². The largest absolute Gasteiger partial charge is 0.512 e.